The van der Waals surface area contributed by atoms with E-state index in [-0.39, 0.29) is 17.7 Å². The molecule has 0 spiro atoms. The lowest BCUT2D eigenvalue weighted by Gasteiger charge is -2.10. The maximum Gasteiger partial charge on any atom is 0.167 e. The predicted octanol–water partition coefficient (Wildman–Crippen LogP) is 6.52. The molecule has 0 saturated heterocycles. The fraction of sp³-hybridized carbons (Fsp3) is 0.250. The molecule has 0 radical (unpaired) electrons. The highest BCUT2D eigenvalue weighted by Gasteiger charge is 2.16. The summed E-state index contributed by atoms with van der Waals surface area (Å²) in [5.74, 6) is -1.69. The number of hydrogen-bond donors (Lipinski definition) is 1. The van der Waals surface area contributed by atoms with E-state index >= 15 is 0 Å². The van der Waals surface area contributed by atoms with Crippen molar-refractivity contribution in [2.75, 3.05) is 0 Å². The molecule has 0 atom stereocenters. The summed E-state index contributed by atoms with van der Waals surface area (Å²) in [4.78, 5) is 0. The van der Waals surface area contributed by atoms with E-state index in [2.05, 4.69) is 6.92 Å². The molecule has 3 aromatic rings. The molecular formula is C24H24F2O. The molecular weight excluding hydrogens is 342 g/mol. The van der Waals surface area contributed by atoms with E-state index in [1.54, 1.807) is 36.4 Å². The third-order valence-corrected chi connectivity index (χ3v) is 4.86. The SMILES string of the molecule is CCCCCc1ccc(-c2ccc(-c3ccc(CO)cc3)c(F)c2F)cc1. The van der Waals surface area contributed by atoms with Crippen LogP contribution in [0.25, 0.3) is 22.3 Å². The third kappa shape index (κ3) is 4.42. The van der Waals surface area contributed by atoms with Gasteiger partial charge in [-0.2, -0.15) is 0 Å². The van der Waals surface area contributed by atoms with Crippen LogP contribution in [-0.4, -0.2) is 5.11 Å². The molecule has 27 heavy (non-hydrogen) atoms. The molecule has 0 fully saturated rings. The van der Waals surface area contributed by atoms with Crippen LogP contribution in [0.4, 0.5) is 8.78 Å². The summed E-state index contributed by atoms with van der Waals surface area (Å²) in [6.45, 7) is 2.09. The normalized spacial score (nSPS) is 11.0. The van der Waals surface area contributed by atoms with Crippen molar-refractivity contribution in [3.63, 3.8) is 0 Å². The van der Waals surface area contributed by atoms with Gasteiger partial charge in [0.05, 0.1) is 6.61 Å². The number of benzene rings is 3. The summed E-state index contributed by atoms with van der Waals surface area (Å²) in [6, 6.07) is 17.7. The molecule has 0 aliphatic carbocycles. The summed E-state index contributed by atoms with van der Waals surface area (Å²) < 4.78 is 29.4. The lowest BCUT2D eigenvalue weighted by atomic mass is 9.97. The number of rotatable bonds is 7. The van der Waals surface area contributed by atoms with Crippen molar-refractivity contribution in [1.82, 2.24) is 0 Å². The zero-order valence-electron chi connectivity index (χ0n) is 15.5. The number of aliphatic hydroxyl groups excluding tert-OH is 1. The van der Waals surface area contributed by atoms with Gasteiger partial charge in [0.15, 0.2) is 11.6 Å². The molecule has 1 N–H and O–H groups in total. The number of aliphatic hydroxyl groups is 1. The van der Waals surface area contributed by atoms with Gasteiger partial charge in [0.1, 0.15) is 0 Å². The van der Waals surface area contributed by atoms with Gasteiger partial charge in [-0.15, -0.1) is 0 Å². The quantitative estimate of drug-likeness (QED) is 0.472. The minimum atomic E-state index is -0.851. The second-order valence-corrected chi connectivity index (χ2v) is 6.80. The Morgan fingerprint density at radius 1 is 0.667 bits per heavy atom. The van der Waals surface area contributed by atoms with E-state index in [1.165, 1.54) is 18.4 Å². The van der Waals surface area contributed by atoms with Crippen LogP contribution in [-0.2, 0) is 13.0 Å². The van der Waals surface area contributed by atoms with E-state index in [1.807, 2.05) is 24.3 Å². The van der Waals surface area contributed by atoms with Crippen LogP contribution in [0.3, 0.4) is 0 Å². The molecule has 3 heteroatoms. The van der Waals surface area contributed by atoms with Gasteiger partial charge >= 0.3 is 0 Å². The molecule has 0 saturated carbocycles. The maximum atomic E-state index is 14.7. The first-order valence-corrected chi connectivity index (χ1v) is 9.41. The Morgan fingerprint density at radius 3 is 1.59 bits per heavy atom. The highest BCUT2D eigenvalue weighted by Crippen LogP contribution is 2.31. The average molecular weight is 366 g/mol. The monoisotopic (exact) mass is 366 g/mol. The van der Waals surface area contributed by atoms with Crippen molar-refractivity contribution in [2.45, 2.75) is 39.2 Å². The summed E-state index contributed by atoms with van der Waals surface area (Å²) in [7, 11) is 0. The van der Waals surface area contributed by atoms with Gasteiger partial charge < -0.3 is 5.11 Å². The minimum Gasteiger partial charge on any atom is -0.392 e. The average Bonchev–Trinajstić information content (AvgIpc) is 2.71. The first-order valence-electron chi connectivity index (χ1n) is 9.41. The molecule has 0 unspecified atom stereocenters. The topological polar surface area (TPSA) is 20.2 Å². The van der Waals surface area contributed by atoms with Gasteiger partial charge in [-0.1, -0.05) is 80.4 Å². The Hall–Kier alpha value is -2.52. The third-order valence-electron chi connectivity index (χ3n) is 4.86. The van der Waals surface area contributed by atoms with E-state index in [0.717, 1.165) is 18.4 Å². The van der Waals surface area contributed by atoms with E-state index in [0.29, 0.717) is 11.1 Å². The molecule has 0 bridgehead atoms. The Bertz CT molecular complexity index is 884. The van der Waals surface area contributed by atoms with Crippen molar-refractivity contribution in [1.29, 1.82) is 0 Å². The van der Waals surface area contributed by atoms with Crippen molar-refractivity contribution >= 4 is 0 Å². The maximum absolute atomic E-state index is 14.7. The largest absolute Gasteiger partial charge is 0.392 e. The highest BCUT2D eigenvalue weighted by molar-refractivity contribution is 5.72. The fourth-order valence-electron chi connectivity index (χ4n) is 3.22. The molecule has 0 aliphatic heterocycles. The molecule has 3 aromatic carbocycles. The van der Waals surface area contributed by atoms with E-state index in [4.69, 9.17) is 5.11 Å². The van der Waals surface area contributed by atoms with Crippen LogP contribution in [0.15, 0.2) is 60.7 Å². The molecule has 1 nitrogen and oxygen atoms in total. The lowest BCUT2D eigenvalue weighted by molar-refractivity contribution is 0.282. The predicted molar refractivity (Wildman–Crippen MR) is 106 cm³/mol. The second kappa shape index (κ2) is 8.92. The first-order chi connectivity index (χ1) is 13.1. The number of hydrogen-bond acceptors (Lipinski definition) is 1. The van der Waals surface area contributed by atoms with E-state index < -0.39 is 11.6 Å². The molecule has 0 amide bonds. The Morgan fingerprint density at radius 2 is 1.15 bits per heavy atom. The Balaban J connectivity index is 1.86. The van der Waals surface area contributed by atoms with Crippen LogP contribution in [0.2, 0.25) is 0 Å². The van der Waals surface area contributed by atoms with Gasteiger partial charge in [-0.3, -0.25) is 0 Å². The number of unbranched alkanes of at least 4 members (excludes halogenated alkanes) is 2. The van der Waals surface area contributed by atoms with Gasteiger partial charge in [-0.05, 0) is 35.1 Å². The Kier molecular flexibility index (Phi) is 6.36. The summed E-state index contributed by atoms with van der Waals surface area (Å²) in [6.07, 6.45) is 4.52. The fourth-order valence-corrected chi connectivity index (χ4v) is 3.22. The van der Waals surface area contributed by atoms with Crippen molar-refractivity contribution < 1.29 is 13.9 Å². The van der Waals surface area contributed by atoms with Crippen molar-refractivity contribution in [2.24, 2.45) is 0 Å². The van der Waals surface area contributed by atoms with Crippen LogP contribution in [0, 0.1) is 11.6 Å². The van der Waals surface area contributed by atoms with Gasteiger partial charge in [0, 0.05) is 11.1 Å². The summed E-state index contributed by atoms with van der Waals surface area (Å²) in [5, 5.41) is 9.11. The Labute approximate surface area is 159 Å². The highest BCUT2D eigenvalue weighted by atomic mass is 19.2. The zero-order valence-corrected chi connectivity index (χ0v) is 15.5. The van der Waals surface area contributed by atoms with Gasteiger partial charge in [0.25, 0.3) is 0 Å². The standard InChI is InChI=1S/C24H24F2O/c1-2-3-4-5-17-6-10-19(11-7-17)21-14-15-22(24(26)23(21)25)20-12-8-18(16-27)9-13-20/h6-15,27H,2-5,16H2,1H3. The number of aryl methyl sites for hydroxylation is 1. The molecule has 3 rings (SSSR count). The van der Waals surface area contributed by atoms with Gasteiger partial charge in [0.2, 0.25) is 0 Å². The van der Waals surface area contributed by atoms with Crippen molar-refractivity contribution in [3.8, 4) is 22.3 Å². The number of halogens is 2. The summed E-state index contributed by atoms with van der Waals surface area (Å²) in [5.41, 5.74) is 3.69. The molecule has 0 aromatic heterocycles. The van der Waals surface area contributed by atoms with Crippen LogP contribution >= 0.6 is 0 Å². The molecule has 0 heterocycles. The van der Waals surface area contributed by atoms with Crippen molar-refractivity contribution in [3.05, 3.63) is 83.4 Å². The first kappa shape index (κ1) is 19.2. The minimum absolute atomic E-state index is 0.0789. The van der Waals surface area contributed by atoms with E-state index in [9.17, 15) is 8.78 Å². The lowest BCUT2D eigenvalue weighted by Crippen LogP contribution is -1.95. The van der Waals surface area contributed by atoms with Crippen LogP contribution in [0.1, 0.15) is 37.3 Å². The van der Waals surface area contributed by atoms with Crippen LogP contribution in [0.5, 0.6) is 0 Å². The van der Waals surface area contributed by atoms with Crippen LogP contribution < -0.4 is 0 Å². The molecule has 0 aliphatic rings. The zero-order chi connectivity index (χ0) is 19.2. The van der Waals surface area contributed by atoms with Gasteiger partial charge in [-0.25, -0.2) is 8.78 Å². The smallest absolute Gasteiger partial charge is 0.167 e. The summed E-state index contributed by atoms with van der Waals surface area (Å²) >= 11 is 0. The molecule has 140 valence electrons. The second-order valence-electron chi connectivity index (χ2n) is 6.80.